The quantitative estimate of drug-likeness (QED) is 0.366. The maximum absolute atomic E-state index is 10.4. The van der Waals surface area contributed by atoms with Gasteiger partial charge in [0.15, 0.2) is 0 Å². The first-order chi connectivity index (χ1) is 7.47. The molecule has 0 fully saturated rings. The SMILES string of the molecule is CC(OC=Cc1ccccc1)OP(=O)(O)O.[NaH]. The third-order valence-electron chi connectivity index (χ3n) is 1.62. The van der Waals surface area contributed by atoms with E-state index in [0.29, 0.717) is 0 Å². The number of rotatable bonds is 5. The molecule has 0 heterocycles. The third-order valence-corrected chi connectivity index (χ3v) is 2.19. The van der Waals surface area contributed by atoms with Crippen molar-refractivity contribution in [1.29, 1.82) is 0 Å². The van der Waals surface area contributed by atoms with Gasteiger partial charge in [0.05, 0.1) is 6.26 Å². The molecular weight excluding hydrogens is 254 g/mol. The Labute approximate surface area is 122 Å². The van der Waals surface area contributed by atoms with E-state index in [9.17, 15) is 4.57 Å². The van der Waals surface area contributed by atoms with Gasteiger partial charge < -0.3 is 14.5 Å². The number of phosphoric ester groups is 1. The van der Waals surface area contributed by atoms with Crippen molar-refractivity contribution in [2.75, 3.05) is 0 Å². The first-order valence-corrected chi connectivity index (χ1v) is 6.11. The molecule has 17 heavy (non-hydrogen) atoms. The van der Waals surface area contributed by atoms with Gasteiger partial charge in [-0.15, -0.1) is 0 Å². The Morgan fingerprint density at radius 3 is 2.41 bits per heavy atom. The van der Waals surface area contributed by atoms with Gasteiger partial charge in [0, 0.05) is 0 Å². The van der Waals surface area contributed by atoms with Crippen LogP contribution in [0.3, 0.4) is 0 Å². The van der Waals surface area contributed by atoms with Crippen molar-refractivity contribution in [3.05, 3.63) is 42.2 Å². The van der Waals surface area contributed by atoms with Crippen molar-refractivity contribution in [2.45, 2.75) is 13.2 Å². The van der Waals surface area contributed by atoms with Crippen molar-refractivity contribution < 1.29 is 23.6 Å². The third kappa shape index (κ3) is 8.57. The molecule has 1 aromatic carbocycles. The zero-order valence-corrected chi connectivity index (χ0v) is 9.58. The molecule has 0 aliphatic carbocycles. The molecular formula is C10H14NaO5P. The fourth-order valence-corrected chi connectivity index (χ4v) is 1.45. The van der Waals surface area contributed by atoms with Crippen LogP contribution in [-0.4, -0.2) is 45.6 Å². The summed E-state index contributed by atoms with van der Waals surface area (Å²) in [5.74, 6) is 0. The number of hydrogen-bond donors (Lipinski definition) is 2. The zero-order chi connectivity index (χ0) is 12.0. The molecule has 1 rings (SSSR count). The monoisotopic (exact) mass is 268 g/mol. The van der Waals surface area contributed by atoms with Gasteiger partial charge in [-0.05, 0) is 18.6 Å². The van der Waals surface area contributed by atoms with Crippen molar-refractivity contribution in [3.63, 3.8) is 0 Å². The van der Waals surface area contributed by atoms with Crippen LogP contribution in [0.5, 0.6) is 0 Å². The molecule has 0 saturated heterocycles. The van der Waals surface area contributed by atoms with E-state index < -0.39 is 14.1 Å². The molecule has 5 nitrogen and oxygen atoms in total. The molecule has 0 bridgehead atoms. The predicted molar refractivity (Wildman–Crippen MR) is 66.3 cm³/mol. The number of hydrogen-bond acceptors (Lipinski definition) is 3. The Bertz CT molecular complexity index is 389. The average Bonchev–Trinajstić information content (AvgIpc) is 2.16. The van der Waals surface area contributed by atoms with E-state index in [1.54, 1.807) is 6.08 Å². The van der Waals surface area contributed by atoms with E-state index in [1.165, 1.54) is 13.2 Å². The number of phosphoric acid groups is 1. The Kier molecular flexibility index (Phi) is 8.00. The molecule has 0 radical (unpaired) electrons. The predicted octanol–water partition coefficient (Wildman–Crippen LogP) is 1.48. The first kappa shape index (κ1) is 16.9. The summed E-state index contributed by atoms with van der Waals surface area (Å²) in [5.41, 5.74) is 0.922. The molecule has 1 atom stereocenters. The number of benzene rings is 1. The van der Waals surface area contributed by atoms with Crippen molar-refractivity contribution in [3.8, 4) is 0 Å². The molecule has 0 amide bonds. The van der Waals surface area contributed by atoms with E-state index in [0.717, 1.165) is 5.56 Å². The average molecular weight is 268 g/mol. The number of ether oxygens (including phenoxy) is 1. The van der Waals surface area contributed by atoms with E-state index >= 15 is 0 Å². The molecule has 90 valence electrons. The van der Waals surface area contributed by atoms with Gasteiger partial charge in [-0.3, -0.25) is 0 Å². The van der Waals surface area contributed by atoms with E-state index in [2.05, 4.69) is 4.52 Å². The summed E-state index contributed by atoms with van der Waals surface area (Å²) < 4.78 is 19.6. The fraction of sp³-hybridized carbons (Fsp3) is 0.200. The van der Waals surface area contributed by atoms with Gasteiger partial charge in [0.2, 0.25) is 6.29 Å². The van der Waals surface area contributed by atoms with Crippen LogP contribution in [0.4, 0.5) is 0 Å². The minimum atomic E-state index is -4.49. The zero-order valence-electron chi connectivity index (χ0n) is 8.69. The molecule has 0 saturated carbocycles. The summed E-state index contributed by atoms with van der Waals surface area (Å²) in [6, 6.07) is 9.37. The second-order valence-corrected chi connectivity index (χ2v) is 4.21. The minimum absolute atomic E-state index is 0. The first-order valence-electron chi connectivity index (χ1n) is 4.58. The summed E-state index contributed by atoms with van der Waals surface area (Å²) >= 11 is 0. The van der Waals surface area contributed by atoms with Crippen LogP contribution < -0.4 is 0 Å². The van der Waals surface area contributed by atoms with Crippen molar-refractivity contribution in [1.82, 2.24) is 0 Å². The van der Waals surface area contributed by atoms with E-state index in [1.807, 2.05) is 30.3 Å². The summed E-state index contributed by atoms with van der Waals surface area (Å²) in [6.07, 6.45) is 2.00. The fourth-order valence-electron chi connectivity index (χ4n) is 1.01. The van der Waals surface area contributed by atoms with Crippen LogP contribution in [0, 0.1) is 0 Å². The topological polar surface area (TPSA) is 76.0 Å². The van der Waals surface area contributed by atoms with Gasteiger partial charge in [0.1, 0.15) is 0 Å². The van der Waals surface area contributed by atoms with Crippen LogP contribution in [0.2, 0.25) is 0 Å². The molecule has 0 aliphatic rings. The van der Waals surface area contributed by atoms with Crippen LogP contribution in [0.15, 0.2) is 36.6 Å². The van der Waals surface area contributed by atoms with Crippen molar-refractivity contribution in [2.24, 2.45) is 0 Å². The summed E-state index contributed by atoms with van der Waals surface area (Å²) in [5, 5.41) is 0. The van der Waals surface area contributed by atoms with Crippen LogP contribution >= 0.6 is 7.82 Å². The molecule has 1 aromatic rings. The second-order valence-electron chi connectivity index (χ2n) is 3.01. The van der Waals surface area contributed by atoms with Crippen LogP contribution in [0.1, 0.15) is 12.5 Å². The van der Waals surface area contributed by atoms with Crippen LogP contribution in [-0.2, 0) is 13.8 Å². The molecule has 0 aliphatic heterocycles. The second kappa shape index (κ2) is 8.06. The normalized spacial score (nSPS) is 13.1. The van der Waals surface area contributed by atoms with E-state index in [4.69, 9.17) is 14.5 Å². The van der Waals surface area contributed by atoms with Gasteiger partial charge in [0.25, 0.3) is 0 Å². The molecule has 7 heteroatoms. The van der Waals surface area contributed by atoms with Gasteiger partial charge in [-0.25, -0.2) is 9.09 Å². The Morgan fingerprint density at radius 1 is 1.29 bits per heavy atom. The molecule has 2 N–H and O–H groups in total. The standard InChI is InChI=1S/C10H13O5P.Na.H/c1-9(15-16(11,12)13)14-8-7-10-5-3-2-4-6-10;;/h2-9H,1H3,(H2,11,12,13);;. The Hall–Kier alpha value is -0.130. The molecule has 0 aromatic heterocycles. The van der Waals surface area contributed by atoms with Crippen LogP contribution in [0.25, 0.3) is 6.08 Å². The molecule has 1 unspecified atom stereocenters. The Balaban J connectivity index is 0.00000256. The summed E-state index contributed by atoms with van der Waals surface area (Å²) in [6.45, 7) is 1.40. The van der Waals surface area contributed by atoms with Gasteiger partial charge >= 0.3 is 37.4 Å². The van der Waals surface area contributed by atoms with Gasteiger partial charge in [-0.2, -0.15) is 0 Å². The van der Waals surface area contributed by atoms with Crippen molar-refractivity contribution >= 4 is 43.5 Å². The summed E-state index contributed by atoms with van der Waals surface area (Å²) in [7, 11) is -4.49. The van der Waals surface area contributed by atoms with Gasteiger partial charge in [-0.1, -0.05) is 30.3 Å². The van der Waals surface area contributed by atoms with E-state index in [-0.39, 0.29) is 29.6 Å². The maximum atomic E-state index is 10.4. The summed E-state index contributed by atoms with van der Waals surface area (Å²) in [4.78, 5) is 17.0. The Morgan fingerprint density at radius 2 is 1.88 bits per heavy atom. The molecule has 0 spiro atoms.